The average molecular weight is 299 g/mol. The van der Waals surface area contributed by atoms with E-state index in [4.69, 9.17) is 4.74 Å². The van der Waals surface area contributed by atoms with Gasteiger partial charge in [-0.05, 0) is 31.6 Å². The maximum absolute atomic E-state index is 12.5. The molecule has 2 unspecified atom stereocenters. The Kier molecular flexibility index (Phi) is 7.15. The van der Waals surface area contributed by atoms with Crippen LogP contribution in [0.25, 0.3) is 0 Å². The molecule has 122 valence electrons. The predicted octanol–water partition coefficient (Wildman–Crippen LogP) is 2.30. The van der Waals surface area contributed by atoms with Crippen molar-refractivity contribution in [1.82, 2.24) is 5.32 Å². The van der Waals surface area contributed by atoms with E-state index in [2.05, 4.69) is 12.2 Å². The second-order valence-electron chi connectivity index (χ2n) is 6.32. The lowest BCUT2D eigenvalue weighted by Crippen LogP contribution is -2.46. The monoisotopic (exact) mass is 299 g/mol. The second kappa shape index (κ2) is 8.37. The van der Waals surface area contributed by atoms with Crippen LogP contribution < -0.4 is 5.32 Å². The van der Waals surface area contributed by atoms with Crippen molar-refractivity contribution in [1.29, 1.82) is 0 Å². The largest absolute Gasteiger partial charge is 0.481 e. The van der Waals surface area contributed by atoms with E-state index in [1.807, 2.05) is 20.8 Å². The van der Waals surface area contributed by atoms with Crippen LogP contribution in [0.1, 0.15) is 47.0 Å². The molecule has 2 N–H and O–H groups in total. The molecule has 4 atom stereocenters. The van der Waals surface area contributed by atoms with Crippen LogP contribution in [0.5, 0.6) is 0 Å². The zero-order valence-corrected chi connectivity index (χ0v) is 13.6. The minimum absolute atomic E-state index is 0.0624. The molecular weight excluding hydrogens is 270 g/mol. The van der Waals surface area contributed by atoms with Gasteiger partial charge in [0.05, 0.1) is 24.5 Å². The van der Waals surface area contributed by atoms with Crippen molar-refractivity contribution in [3.05, 3.63) is 0 Å². The van der Waals surface area contributed by atoms with E-state index in [1.54, 1.807) is 0 Å². The van der Waals surface area contributed by atoms with E-state index in [0.717, 1.165) is 6.42 Å². The third-order valence-electron chi connectivity index (χ3n) is 4.53. The molecule has 1 rings (SSSR count). The average Bonchev–Trinajstić information content (AvgIpc) is 2.87. The molecule has 5 heteroatoms. The molecule has 0 radical (unpaired) electrons. The Morgan fingerprint density at radius 1 is 1.24 bits per heavy atom. The summed E-state index contributed by atoms with van der Waals surface area (Å²) in [5, 5.41) is 12.3. The Bertz CT molecular complexity index is 356. The third-order valence-corrected chi connectivity index (χ3v) is 4.53. The fourth-order valence-corrected chi connectivity index (χ4v) is 2.97. The zero-order chi connectivity index (χ0) is 16.0. The summed E-state index contributed by atoms with van der Waals surface area (Å²) < 4.78 is 5.41. The number of carbonyl (C=O) groups excluding carboxylic acids is 1. The van der Waals surface area contributed by atoms with Gasteiger partial charge in [0.1, 0.15) is 0 Å². The summed E-state index contributed by atoms with van der Waals surface area (Å²) in [6, 6.07) is -0.0624. The van der Waals surface area contributed by atoms with E-state index >= 15 is 0 Å². The molecule has 0 spiro atoms. The molecule has 1 aliphatic carbocycles. The van der Waals surface area contributed by atoms with Gasteiger partial charge in [-0.3, -0.25) is 9.59 Å². The first-order chi connectivity index (χ1) is 9.90. The van der Waals surface area contributed by atoms with Gasteiger partial charge in [-0.15, -0.1) is 0 Å². The number of nitrogens with one attached hydrogen (secondary N) is 1. The van der Waals surface area contributed by atoms with Crippen molar-refractivity contribution in [3.63, 3.8) is 0 Å². The fourth-order valence-electron chi connectivity index (χ4n) is 2.97. The van der Waals surface area contributed by atoms with E-state index in [9.17, 15) is 14.7 Å². The maximum Gasteiger partial charge on any atom is 0.307 e. The molecule has 0 saturated heterocycles. The number of carbonyl (C=O) groups is 2. The lowest BCUT2D eigenvalue weighted by atomic mass is 9.94. The van der Waals surface area contributed by atoms with Gasteiger partial charge in [0, 0.05) is 6.61 Å². The van der Waals surface area contributed by atoms with Crippen LogP contribution in [-0.4, -0.2) is 36.2 Å². The van der Waals surface area contributed by atoms with Gasteiger partial charge in [-0.1, -0.05) is 27.2 Å². The molecule has 0 bridgehead atoms. The molecular formula is C16H29NO4. The second-order valence-corrected chi connectivity index (χ2v) is 6.32. The Hall–Kier alpha value is -1.10. The minimum Gasteiger partial charge on any atom is -0.481 e. The number of hydrogen-bond acceptors (Lipinski definition) is 3. The van der Waals surface area contributed by atoms with Crippen molar-refractivity contribution in [3.8, 4) is 0 Å². The summed E-state index contributed by atoms with van der Waals surface area (Å²) in [5.74, 6) is -1.34. The maximum atomic E-state index is 12.5. The number of ether oxygens (including phenoxy) is 1. The fraction of sp³-hybridized carbons (Fsp3) is 0.875. The zero-order valence-electron chi connectivity index (χ0n) is 13.6. The number of aliphatic carboxylic acids is 1. The smallest absolute Gasteiger partial charge is 0.307 e. The van der Waals surface area contributed by atoms with Gasteiger partial charge in [-0.2, -0.15) is 0 Å². The Labute approximate surface area is 127 Å². The van der Waals surface area contributed by atoms with Crippen molar-refractivity contribution >= 4 is 11.9 Å². The van der Waals surface area contributed by atoms with E-state index < -0.39 is 17.8 Å². The number of rotatable bonds is 8. The van der Waals surface area contributed by atoms with Crippen LogP contribution in [0.15, 0.2) is 0 Å². The summed E-state index contributed by atoms with van der Waals surface area (Å²) in [4.78, 5) is 23.8. The standard InChI is InChI=1S/C16H29NO4/c1-5-11-7-12(13(8-11)16(19)20)15(18)17-14(10(3)4)9-21-6-2/h10-14H,5-9H2,1-4H3,(H,17,18)(H,19,20)/t11?,12-,13+,14?/m0/s1. The van der Waals surface area contributed by atoms with Gasteiger partial charge in [0.25, 0.3) is 0 Å². The van der Waals surface area contributed by atoms with Crippen LogP contribution in [0, 0.1) is 23.7 Å². The van der Waals surface area contributed by atoms with Gasteiger partial charge >= 0.3 is 5.97 Å². The first-order valence-corrected chi connectivity index (χ1v) is 8.01. The topological polar surface area (TPSA) is 75.6 Å². The highest BCUT2D eigenvalue weighted by Gasteiger charge is 2.42. The molecule has 0 aromatic heterocycles. The Balaban J connectivity index is 2.68. The Morgan fingerprint density at radius 3 is 2.33 bits per heavy atom. The van der Waals surface area contributed by atoms with E-state index in [1.165, 1.54) is 0 Å². The highest BCUT2D eigenvalue weighted by molar-refractivity contribution is 5.85. The molecule has 0 aromatic carbocycles. The van der Waals surface area contributed by atoms with Crippen molar-refractivity contribution in [2.45, 2.75) is 53.0 Å². The molecule has 0 aromatic rings. The quantitative estimate of drug-likeness (QED) is 0.721. The molecule has 5 nitrogen and oxygen atoms in total. The highest BCUT2D eigenvalue weighted by atomic mass is 16.5. The van der Waals surface area contributed by atoms with Gasteiger partial charge in [0.15, 0.2) is 0 Å². The summed E-state index contributed by atoms with van der Waals surface area (Å²) in [7, 11) is 0. The molecule has 1 amide bonds. The molecule has 1 fully saturated rings. The highest BCUT2D eigenvalue weighted by Crippen LogP contribution is 2.38. The summed E-state index contributed by atoms with van der Waals surface area (Å²) in [5.41, 5.74) is 0. The van der Waals surface area contributed by atoms with Crippen LogP contribution in [0.3, 0.4) is 0 Å². The van der Waals surface area contributed by atoms with E-state index in [-0.39, 0.29) is 17.9 Å². The number of hydrogen-bond donors (Lipinski definition) is 2. The molecule has 1 aliphatic rings. The summed E-state index contributed by atoms with van der Waals surface area (Å²) >= 11 is 0. The van der Waals surface area contributed by atoms with Gasteiger partial charge in [0.2, 0.25) is 5.91 Å². The third kappa shape index (κ3) is 4.99. The van der Waals surface area contributed by atoms with Gasteiger partial charge in [-0.25, -0.2) is 0 Å². The van der Waals surface area contributed by atoms with Gasteiger partial charge < -0.3 is 15.2 Å². The van der Waals surface area contributed by atoms with Crippen LogP contribution in [0.2, 0.25) is 0 Å². The van der Waals surface area contributed by atoms with Crippen LogP contribution in [-0.2, 0) is 14.3 Å². The van der Waals surface area contributed by atoms with E-state index in [0.29, 0.717) is 32.0 Å². The molecule has 21 heavy (non-hydrogen) atoms. The normalized spacial score (nSPS) is 26.8. The number of amides is 1. The van der Waals surface area contributed by atoms with Crippen molar-refractivity contribution in [2.24, 2.45) is 23.7 Å². The SMILES string of the molecule is CCOCC(NC(=O)[C@H]1CC(CC)C[C@H]1C(=O)O)C(C)C. The first kappa shape index (κ1) is 18.0. The molecule has 0 aliphatic heterocycles. The van der Waals surface area contributed by atoms with Crippen molar-refractivity contribution < 1.29 is 19.4 Å². The lowest BCUT2D eigenvalue weighted by molar-refractivity contribution is -0.146. The molecule has 1 saturated carbocycles. The number of carboxylic acid groups (broad SMARTS) is 1. The molecule has 0 heterocycles. The Morgan fingerprint density at radius 2 is 1.86 bits per heavy atom. The number of carboxylic acids is 1. The first-order valence-electron chi connectivity index (χ1n) is 8.01. The van der Waals surface area contributed by atoms with Crippen LogP contribution in [0.4, 0.5) is 0 Å². The summed E-state index contributed by atoms with van der Waals surface area (Å²) in [6.45, 7) is 9.11. The van der Waals surface area contributed by atoms with Crippen molar-refractivity contribution in [2.75, 3.05) is 13.2 Å². The van der Waals surface area contributed by atoms with Crippen LogP contribution >= 0.6 is 0 Å². The minimum atomic E-state index is -0.850. The lowest BCUT2D eigenvalue weighted by Gasteiger charge is -2.25. The predicted molar refractivity (Wildman–Crippen MR) is 80.9 cm³/mol. The summed E-state index contributed by atoms with van der Waals surface area (Å²) in [6.07, 6.45) is 2.22.